The first-order chi connectivity index (χ1) is 18.4. The standard InChI is InChI=1S/C25H22ClF3N4O5S/c1-30-24(34)38-14-15-13-33(39(35,36)18-6-4-5-16(11-18)25(27,28)29)21-12-17(7-8-19(15)21)32(2)20-9-10-22(37-3)31-23(20)26/h4-13H,14H2,1-3H3,(H,30,34). The molecule has 4 rings (SSSR count). The maximum atomic E-state index is 13.6. The molecule has 1 N–H and O–H groups in total. The van der Waals surface area contributed by atoms with E-state index in [-0.39, 0.29) is 17.3 Å². The summed E-state index contributed by atoms with van der Waals surface area (Å²) in [6, 6.07) is 11.6. The number of carbonyl (C=O) groups is 1. The highest BCUT2D eigenvalue weighted by Crippen LogP contribution is 2.36. The Morgan fingerprint density at radius 1 is 1.15 bits per heavy atom. The number of hydrogen-bond donors (Lipinski definition) is 1. The predicted molar refractivity (Wildman–Crippen MR) is 139 cm³/mol. The largest absolute Gasteiger partial charge is 0.481 e. The molecule has 39 heavy (non-hydrogen) atoms. The van der Waals surface area contributed by atoms with Crippen molar-refractivity contribution in [3.8, 4) is 5.88 Å². The van der Waals surface area contributed by atoms with Crippen LogP contribution in [0.25, 0.3) is 10.9 Å². The molecule has 1 amide bonds. The van der Waals surface area contributed by atoms with Crippen molar-refractivity contribution in [2.45, 2.75) is 17.7 Å². The average molecular weight is 583 g/mol. The third-order valence-corrected chi connectivity index (χ3v) is 7.83. The minimum Gasteiger partial charge on any atom is -0.481 e. The molecule has 0 unspecified atom stereocenters. The topological polar surface area (TPSA) is 103 Å². The highest BCUT2D eigenvalue weighted by molar-refractivity contribution is 7.90. The Morgan fingerprint density at radius 2 is 1.90 bits per heavy atom. The number of amides is 1. The second kappa shape index (κ2) is 10.7. The molecule has 0 radical (unpaired) electrons. The van der Waals surface area contributed by atoms with E-state index in [1.165, 1.54) is 26.4 Å². The summed E-state index contributed by atoms with van der Waals surface area (Å²) in [7, 11) is -0.0166. The highest BCUT2D eigenvalue weighted by atomic mass is 35.5. The Labute approximate surface area is 226 Å². The van der Waals surface area contributed by atoms with Crippen LogP contribution in [-0.2, 0) is 27.5 Å². The molecule has 2 heterocycles. The third kappa shape index (κ3) is 5.59. The van der Waals surface area contributed by atoms with Crippen molar-refractivity contribution in [1.29, 1.82) is 0 Å². The number of alkyl carbamates (subject to hydrolysis) is 1. The van der Waals surface area contributed by atoms with E-state index in [1.807, 2.05) is 0 Å². The van der Waals surface area contributed by atoms with Crippen molar-refractivity contribution >= 4 is 50.0 Å². The molecular formula is C25H22ClF3N4O5S. The summed E-state index contributed by atoms with van der Waals surface area (Å²) in [5.41, 5.74) is 0.338. The maximum absolute atomic E-state index is 13.6. The number of fused-ring (bicyclic) bond motifs is 1. The van der Waals surface area contributed by atoms with Crippen LogP contribution in [0.15, 0.2) is 65.7 Å². The molecule has 14 heteroatoms. The van der Waals surface area contributed by atoms with Crippen LogP contribution in [0.3, 0.4) is 0 Å². The molecule has 0 saturated carbocycles. The molecule has 0 atom stereocenters. The van der Waals surface area contributed by atoms with Gasteiger partial charge in [-0.3, -0.25) is 0 Å². The minimum absolute atomic E-state index is 0.128. The van der Waals surface area contributed by atoms with Crippen molar-refractivity contribution in [3.05, 3.63) is 77.1 Å². The molecule has 9 nitrogen and oxygen atoms in total. The van der Waals surface area contributed by atoms with E-state index >= 15 is 0 Å². The second-order valence-corrected chi connectivity index (χ2v) is 10.4. The van der Waals surface area contributed by atoms with Crippen LogP contribution in [0, 0.1) is 0 Å². The van der Waals surface area contributed by atoms with Crippen molar-refractivity contribution in [2.24, 2.45) is 0 Å². The fraction of sp³-hybridized carbons (Fsp3) is 0.200. The fourth-order valence-electron chi connectivity index (χ4n) is 3.85. The summed E-state index contributed by atoms with van der Waals surface area (Å²) in [5, 5.41) is 2.83. The van der Waals surface area contributed by atoms with Gasteiger partial charge in [-0.2, -0.15) is 18.2 Å². The Morgan fingerprint density at radius 3 is 2.54 bits per heavy atom. The summed E-state index contributed by atoms with van der Waals surface area (Å²) >= 11 is 6.32. The highest BCUT2D eigenvalue weighted by Gasteiger charge is 2.32. The number of hydrogen-bond acceptors (Lipinski definition) is 7. The first-order valence-electron chi connectivity index (χ1n) is 11.2. The van der Waals surface area contributed by atoms with Gasteiger partial charge in [0.2, 0.25) is 5.88 Å². The number of nitrogens with one attached hydrogen (secondary N) is 1. The molecule has 2 aromatic carbocycles. The normalized spacial score (nSPS) is 11.9. The molecule has 0 bridgehead atoms. The van der Waals surface area contributed by atoms with E-state index < -0.39 is 32.8 Å². The Balaban J connectivity index is 1.87. The first-order valence-corrected chi connectivity index (χ1v) is 13.0. The number of methoxy groups -OCH3 is 1. The van der Waals surface area contributed by atoms with Gasteiger partial charge in [0.1, 0.15) is 6.61 Å². The van der Waals surface area contributed by atoms with Gasteiger partial charge in [-0.1, -0.05) is 23.7 Å². The number of anilines is 2. The van der Waals surface area contributed by atoms with E-state index in [0.29, 0.717) is 34.3 Å². The zero-order valence-corrected chi connectivity index (χ0v) is 22.4. The van der Waals surface area contributed by atoms with Gasteiger partial charge in [0.25, 0.3) is 10.0 Å². The van der Waals surface area contributed by atoms with Crippen LogP contribution in [-0.4, -0.2) is 44.7 Å². The molecule has 0 saturated heterocycles. The van der Waals surface area contributed by atoms with Gasteiger partial charge < -0.3 is 19.7 Å². The lowest BCUT2D eigenvalue weighted by atomic mass is 10.1. The van der Waals surface area contributed by atoms with Crippen molar-refractivity contribution < 1.29 is 35.9 Å². The summed E-state index contributed by atoms with van der Waals surface area (Å²) in [5.74, 6) is 0.300. The van der Waals surface area contributed by atoms with E-state index in [2.05, 4.69) is 10.3 Å². The minimum atomic E-state index is -4.74. The van der Waals surface area contributed by atoms with Gasteiger partial charge in [0.05, 0.1) is 28.8 Å². The zero-order chi connectivity index (χ0) is 28.5. The molecule has 0 aliphatic carbocycles. The lowest BCUT2D eigenvalue weighted by molar-refractivity contribution is -0.137. The summed E-state index contributed by atoms with van der Waals surface area (Å²) in [6.07, 6.45) is -4.26. The molecule has 0 aliphatic heterocycles. The SMILES string of the molecule is CNC(=O)OCc1cn(S(=O)(=O)c2cccc(C(F)(F)F)c2)c2cc(N(C)c3ccc(OC)nc3Cl)ccc12. The van der Waals surface area contributed by atoms with Crippen LogP contribution in [0.5, 0.6) is 5.88 Å². The number of halogens is 4. The molecule has 0 spiro atoms. The summed E-state index contributed by atoms with van der Waals surface area (Å²) in [6.45, 7) is -0.287. The van der Waals surface area contributed by atoms with Gasteiger partial charge in [-0.25, -0.2) is 17.2 Å². The van der Waals surface area contributed by atoms with Crippen LogP contribution < -0.4 is 15.0 Å². The molecule has 0 fully saturated rings. The average Bonchev–Trinajstić information content (AvgIpc) is 3.29. The number of benzene rings is 2. The number of alkyl halides is 3. The molecule has 2 aromatic heterocycles. The summed E-state index contributed by atoms with van der Waals surface area (Å²) < 4.78 is 78.3. The van der Waals surface area contributed by atoms with E-state index in [1.54, 1.807) is 36.2 Å². The molecular weight excluding hydrogens is 561 g/mol. The molecule has 206 valence electrons. The quantitative estimate of drug-likeness (QED) is 0.284. The predicted octanol–water partition coefficient (Wildman–Crippen LogP) is 5.58. The molecule has 0 aliphatic rings. The van der Waals surface area contributed by atoms with Gasteiger partial charge in [0.15, 0.2) is 5.15 Å². The van der Waals surface area contributed by atoms with E-state index in [0.717, 1.165) is 22.2 Å². The van der Waals surface area contributed by atoms with Crippen LogP contribution in [0.2, 0.25) is 5.15 Å². The van der Waals surface area contributed by atoms with E-state index in [9.17, 15) is 26.4 Å². The van der Waals surface area contributed by atoms with Gasteiger partial charge in [0, 0.05) is 43.0 Å². The van der Waals surface area contributed by atoms with Crippen LogP contribution in [0.1, 0.15) is 11.1 Å². The number of carbonyl (C=O) groups excluding carboxylic acids is 1. The number of ether oxygens (including phenoxy) is 2. The monoisotopic (exact) mass is 582 g/mol. The smallest absolute Gasteiger partial charge is 0.416 e. The Hall–Kier alpha value is -3.97. The van der Waals surface area contributed by atoms with Crippen molar-refractivity contribution in [1.82, 2.24) is 14.3 Å². The van der Waals surface area contributed by atoms with Gasteiger partial charge >= 0.3 is 12.3 Å². The number of nitrogens with zero attached hydrogens (tertiary/aromatic N) is 3. The van der Waals surface area contributed by atoms with Crippen LogP contribution >= 0.6 is 11.6 Å². The van der Waals surface area contributed by atoms with Crippen molar-refractivity contribution in [3.63, 3.8) is 0 Å². The number of pyridine rings is 1. The van der Waals surface area contributed by atoms with Gasteiger partial charge in [-0.05, 0) is 36.4 Å². The molecule has 4 aromatic rings. The van der Waals surface area contributed by atoms with Crippen molar-refractivity contribution in [2.75, 3.05) is 26.1 Å². The fourth-order valence-corrected chi connectivity index (χ4v) is 5.55. The van der Waals surface area contributed by atoms with E-state index in [4.69, 9.17) is 21.1 Å². The number of rotatable bonds is 7. The lowest BCUT2D eigenvalue weighted by Crippen LogP contribution is -2.18. The number of aromatic nitrogens is 2. The first kappa shape index (κ1) is 28.0. The van der Waals surface area contributed by atoms with Gasteiger partial charge in [-0.15, -0.1) is 0 Å². The lowest BCUT2D eigenvalue weighted by Gasteiger charge is -2.21. The maximum Gasteiger partial charge on any atom is 0.416 e. The Kier molecular flexibility index (Phi) is 7.66. The second-order valence-electron chi connectivity index (χ2n) is 8.23. The zero-order valence-electron chi connectivity index (χ0n) is 20.8. The third-order valence-electron chi connectivity index (χ3n) is 5.88. The Bertz CT molecular complexity index is 1660. The summed E-state index contributed by atoms with van der Waals surface area (Å²) in [4.78, 5) is 16.9. The van der Waals surface area contributed by atoms with Crippen LogP contribution in [0.4, 0.5) is 29.3 Å².